The molecular weight excluding hydrogens is 608 g/mol. The molecule has 0 N–H and O–H groups in total. The van der Waals surface area contributed by atoms with Gasteiger partial charge in [0.25, 0.3) is 0 Å². The summed E-state index contributed by atoms with van der Waals surface area (Å²) in [7, 11) is 0. The van der Waals surface area contributed by atoms with Crippen LogP contribution in [0.4, 0.5) is 4.39 Å². The second-order valence-electron chi connectivity index (χ2n) is 8.43. The largest absolute Gasteiger partial charge is 0.463 e. The third kappa shape index (κ3) is 9.44. The molecule has 3 rings (SSSR count). The van der Waals surface area contributed by atoms with E-state index in [9.17, 15) is 18.8 Å². The summed E-state index contributed by atoms with van der Waals surface area (Å²) < 4.78 is 37.9. The van der Waals surface area contributed by atoms with Gasteiger partial charge in [0.2, 0.25) is 0 Å². The van der Waals surface area contributed by atoms with Gasteiger partial charge in [0.1, 0.15) is 29.9 Å². The van der Waals surface area contributed by atoms with Crippen LogP contribution in [0.3, 0.4) is 0 Å². The molecule has 0 aliphatic heterocycles. The van der Waals surface area contributed by atoms with Gasteiger partial charge in [0.15, 0.2) is 11.9 Å². The van der Waals surface area contributed by atoms with Gasteiger partial charge in [-0.1, -0.05) is 46.2 Å². The Labute approximate surface area is 248 Å². The van der Waals surface area contributed by atoms with E-state index in [1.165, 1.54) is 48.9 Å². The number of ether oxygens (including phenoxy) is 4. The summed E-state index contributed by atoms with van der Waals surface area (Å²) in [5.41, 5.74) is -0.413. The molecule has 0 saturated carbocycles. The Morgan fingerprint density at radius 2 is 1.75 bits per heavy atom. The van der Waals surface area contributed by atoms with Crippen LogP contribution in [0.2, 0.25) is 10.0 Å². The Morgan fingerprint density at radius 1 is 1.07 bits per heavy atom. The molecule has 0 bridgehead atoms. The number of hydrogen-bond acceptors (Lipinski definition) is 11. The van der Waals surface area contributed by atoms with E-state index < -0.39 is 47.5 Å². The number of carbonyl (C=O) groups excluding carboxylic acids is 3. The van der Waals surface area contributed by atoms with Crippen LogP contribution in [-0.4, -0.2) is 63.3 Å². The van der Waals surface area contributed by atoms with Crippen molar-refractivity contribution in [1.29, 1.82) is 0 Å². The molecule has 0 amide bonds. The molecule has 4 atom stereocenters. The van der Waals surface area contributed by atoms with Gasteiger partial charge in [0, 0.05) is 25.7 Å². The number of esters is 3. The molecule has 0 fully saturated rings. The van der Waals surface area contributed by atoms with Crippen LogP contribution in [0.1, 0.15) is 27.7 Å². The van der Waals surface area contributed by atoms with Crippen molar-refractivity contribution < 1.29 is 37.7 Å². The van der Waals surface area contributed by atoms with E-state index in [1.54, 1.807) is 13.1 Å². The maximum atomic E-state index is 14.1. The first-order valence-corrected chi connectivity index (χ1v) is 14.3. The predicted octanol–water partition coefficient (Wildman–Crippen LogP) is 5.40. The minimum Gasteiger partial charge on any atom is -0.463 e. The van der Waals surface area contributed by atoms with Gasteiger partial charge < -0.3 is 18.9 Å². The van der Waals surface area contributed by atoms with Gasteiger partial charge in [-0.05, 0) is 30.5 Å². The average molecular weight is 635 g/mol. The second-order valence-corrected chi connectivity index (χ2v) is 11.4. The number of thioether (sulfide) groups is 1. The molecule has 0 aliphatic rings. The molecule has 0 saturated heterocycles. The summed E-state index contributed by atoms with van der Waals surface area (Å²) in [6.45, 7) is 4.97. The van der Waals surface area contributed by atoms with Crippen molar-refractivity contribution >= 4 is 64.2 Å². The van der Waals surface area contributed by atoms with Gasteiger partial charge in [0.05, 0.1) is 27.7 Å². The lowest BCUT2D eigenvalue weighted by atomic mass is 10.2. The van der Waals surface area contributed by atoms with Crippen LogP contribution in [-0.2, 0) is 39.9 Å². The second kappa shape index (κ2) is 14.8. The van der Waals surface area contributed by atoms with Crippen LogP contribution in [0.15, 0.2) is 40.7 Å². The highest BCUT2D eigenvalue weighted by Gasteiger charge is 2.34. The van der Waals surface area contributed by atoms with Gasteiger partial charge in [-0.3, -0.25) is 14.4 Å². The summed E-state index contributed by atoms with van der Waals surface area (Å²) in [5.74, 6) is -2.56. The Hall–Kier alpha value is -2.71. The minimum atomic E-state index is -1.03. The minimum absolute atomic E-state index is 0.000509. The highest BCUT2D eigenvalue weighted by molar-refractivity contribution is 7.99. The van der Waals surface area contributed by atoms with E-state index in [1.807, 2.05) is 17.5 Å². The Bertz CT molecular complexity index is 1300. The average Bonchev–Trinajstić information content (AvgIpc) is 3.55. The van der Waals surface area contributed by atoms with Gasteiger partial charge in [-0.15, -0.1) is 16.4 Å². The van der Waals surface area contributed by atoms with E-state index >= 15 is 0 Å². The lowest BCUT2D eigenvalue weighted by Gasteiger charge is -2.32. The highest BCUT2D eigenvalue weighted by Crippen LogP contribution is 2.35. The molecule has 216 valence electrons. The fourth-order valence-electron chi connectivity index (χ4n) is 3.42. The highest BCUT2D eigenvalue weighted by atomic mass is 35.5. The van der Waals surface area contributed by atoms with Gasteiger partial charge in [-0.2, -0.15) is 0 Å². The van der Waals surface area contributed by atoms with E-state index in [0.29, 0.717) is 10.6 Å². The summed E-state index contributed by atoms with van der Waals surface area (Å²) >= 11 is 14.5. The number of aromatic nitrogens is 3. The zero-order chi connectivity index (χ0) is 29.4. The summed E-state index contributed by atoms with van der Waals surface area (Å²) in [6, 6.07) is 6.46. The zero-order valence-corrected chi connectivity index (χ0v) is 25.0. The fourth-order valence-corrected chi connectivity index (χ4v) is 5.85. The molecule has 0 aliphatic carbocycles. The first-order valence-electron chi connectivity index (χ1n) is 11.8. The van der Waals surface area contributed by atoms with Crippen molar-refractivity contribution in [2.45, 2.75) is 62.9 Å². The van der Waals surface area contributed by atoms with Crippen molar-refractivity contribution in [1.82, 2.24) is 15.0 Å². The quantitative estimate of drug-likeness (QED) is 0.0795. The molecule has 15 heteroatoms. The number of benzene rings is 1. The van der Waals surface area contributed by atoms with E-state index in [-0.39, 0.29) is 23.2 Å². The van der Waals surface area contributed by atoms with Crippen molar-refractivity contribution in [3.05, 3.63) is 51.7 Å². The molecular formula is C25H26Cl2FN3O7S2. The standard InChI is InChI=1S/C25H26Cl2FN3O7S2/c1-13(36-15(3)33)22(12-35-14(2)32)38-25(40-17-8-18(26)24(28)19(27)9-17)21(37-16(4)34)11-31-10-20(29-30-31)23-6-5-7-39-23/h5-10,13,21-22,25H,11-12H2,1-4H3/t13-,21+,22?,25?/m1/s1. The number of carbonyl (C=O) groups is 3. The number of rotatable bonds is 13. The third-order valence-corrected chi connectivity index (χ3v) is 7.74. The molecule has 2 aromatic heterocycles. The van der Waals surface area contributed by atoms with Crippen LogP contribution >= 0.6 is 46.3 Å². The summed E-state index contributed by atoms with van der Waals surface area (Å²) in [6.07, 6.45) is -1.16. The maximum Gasteiger partial charge on any atom is 0.303 e. The predicted molar refractivity (Wildman–Crippen MR) is 148 cm³/mol. The normalized spacial score (nSPS) is 14.2. The van der Waals surface area contributed by atoms with Crippen molar-refractivity contribution in [2.24, 2.45) is 0 Å². The molecule has 10 nitrogen and oxygen atoms in total. The van der Waals surface area contributed by atoms with Crippen molar-refractivity contribution in [2.75, 3.05) is 6.61 Å². The lowest BCUT2D eigenvalue weighted by molar-refractivity contribution is -0.170. The Kier molecular flexibility index (Phi) is 11.8. The lowest BCUT2D eigenvalue weighted by Crippen LogP contribution is -2.43. The molecule has 0 radical (unpaired) electrons. The number of nitrogens with zero attached hydrogens (tertiary/aromatic N) is 3. The van der Waals surface area contributed by atoms with Gasteiger partial charge >= 0.3 is 17.9 Å². The van der Waals surface area contributed by atoms with E-state index in [2.05, 4.69) is 10.3 Å². The Morgan fingerprint density at radius 3 is 2.33 bits per heavy atom. The smallest absolute Gasteiger partial charge is 0.303 e. The maximum absolute atomic E-state index is 14.1. The molecule has 3 aromatic rings. The Balaban J connectivity index is 1.98. The van der Waals surface area contributed by atoms with E-state index in [4.69, 9.17) is 42.1 Å². The van der Waals surface area contributed by atoms with Crippen LogP contribution < -0.4 is 0 Å². The summed E-state index contributed by atoms with van der Waals surface area (Å²) in [4.78, 5) is 36.7. The molecule has 2 heterocycles. The SMILES string of the molecule is CC(=O)OCC(OC(Sc1cc(Cl)c(F)c(Cl)c1)[C@H](Cn1cc(-c2cccs2)nn1)OC(C)=O)[C@@H](C)OC(C)=O. The molecule has 2 unspecified atom stereocenters. The first-order chi connectivity index (χ1) is 18.9. The van der Waals surface area contributed by atoms with Crippen LogP contribution in [0.5, 0.6) is 0 Å². The van der Waals surface area contributed by atoms with Crippen molar-refractivity contribution in [3.63, 3.8) is 0 Å². The number of halogens is 3. The van der Waals surface area contributed by atoms with Gasteiger partial charge in [-0.25, -0.2) is 9.07 Å². The summed E-state index contributed by atoms with van der Waals surface area (Å²) in [5, 5.41) is 9.79. The number of thiophene rings is 1. The fraction of sp³-hybridized carbons (Fsp3) is 0.400. The number of hydrogen-bond donors (Lipinski definition) is 0. The molecule has 1 aromatic carbocycles. The van der Waals surface area contributed by atoms with E-state index in [0.717, 1.165) is 16.6 Å². The van der Waals surface area contributed by atoms with Crippen LogP contribution in [0.25, 0.3) is 10.6 Å². The van der Waals surface area contributed by atoms with Crippen LogP contribution in [0, 0.1) is 5.82 Å². The third-order valence-electron chi connectivity index (χ3n) is 5.14. The molecule has 40 heavy (non-hydrogen) atoms. The topological polar surface area (TPSA) is 119 Å². The first kappa shape index (κ1) is 31.8. The zero-order valence-electron chi connectivity index (χ0n) is 21.8. The monoisotopic (exact) mass is 633 g/mol. The molecule has 0 spiro atoms. The van der Waals surface area contributed by atoms with Crippen molar-refractivity contribution in [3.8, 4) is 10.6 Å².